The fraction of sp³-hybridized carbons (Fsp3) is 0.489. The molecular weight excluding hydrogens is 652 g/mol. The van der Waals surface area contributed by atoms with E-state index < -0.39 is 5.41 Å². The Morgan fingerprint density at radius 2 is 1.29 bits per heavy atom. The molecule has 3 heterocycles. The zero-order chi connectivity index (χ0) is 37.7. The molecule has 52 heavy (non-hydrogen) atoms. The number of aryl methyl sites for hydroxylation is 3. The summed E-state index contributed by atoms with van der Waals surface area (Å²) >= 11 is 0. The Kier molecular flexibility index (Phi) is 12.7. The third-order valence-electron chi connectivity index (χ3n) is 10.5. The minimum absolute atomic E-state index is 0.0174. The van der Waals surface area contributed by atoms with E-state index in [4.69, 9.17) is 28.4 Å². The fourth-order valence-corrected chi connectivity index (χ4v) is 7.87. The first kappa shape index (κ1) is 39.3. The van der Waals surface area contributed by atoms with Gasteiger partial charge in [-0.2, -0.15) is 0 Å². The molecule has 3 aliphatic heterocycles. The molecule has 0 spiro atoms. The average molecular weight is 711 g/mol. The van der Waals surface area contributed by atoms with Gasteiger partial charge in [0.15, 0.2) is 0 Å². The van der Waals surface area contributed by atoms with Crippen molar-refractivity contribution < 1.29 is 33.2 Å². The van der Waals surface area contributed by atoms with Crippen LogP contribution in [0.1, 0.15) is 90.6 Å². The van der Waals surface area contributed by atoms with Crippen LogP contribution < -0.4 is 9.47 Å². The predicted molar refractivity (Wildman–Crippen MR) is 207 cm³/mol. The lowest BCUT2D eigenvalue weighted by Crippen LogP contribution is -2.37. The molecule has 0 bridgehead atoms. The SMILES string of the molecule is C=CC1C(/C(=C\C)C(=O)OCC2CO2)c2ccccc2C1(c1cc(C)c(OCC2CO2)c(C)c1)c1cc(C)c(OCC2CO2)c(C)c1C.CC.CC. The van der Waals surface area contributed by atoms with E-state index in [0.717, 1.165) is 69.2 Å². The number of hydrogen-bond acceptors (Lipinski definition) is 7. The van der Waals surface area contributed by atoms with Gasteiger partial charge >= 0.3 is 5.97 Å². The summed E-state index contributed by atoms with van der Waals surface area (Å²) in [6.07, 6.45) is 4.26. The van der Waals surface area contributed by atoms with Crippen molar-refractivity contribution in [2.24, 2.45) is 5.92 Å². The molecule has 3 saturated heterocycles. The highest BCUT2D eigenvalue weighted by atomic mass is 16.6. The van der Waals surface area contributed by atoms with Gasteiger partial charge in [0.1, 0.15) is 49.6 Å². The van der Waals surface area contributed by atoms with Crippen LogP contribution in [0.15, 0.2) is 66.8 Å². The second-order valence-electron chi connectivity index (χ2n) is 13.7. The number of esters is 1. The Balaban J connectivity index is 0.00000126. The highest BCUT2D eigenvalue weighted by Crippen LogP contribution is 2.61. The monoisotopic (exact) mass is 710 g/mol. The largest absolute Gasteiger partial charge is 0.490 e. The van der Waals surface area contributed by atoms with Crippen LogP contribution in [-0.2, 0) is 29.2 Å². The topological polar surface area (TPSA) is 82.4 Å². The van der Waals surface area contributed by atoms with E-state index in [9.17, 15) is 4.79 Å². The third kappa shape index (κ3) is 7.59. The number of fused-ring (bicyclic) bond motifs is 1. The predicted octanol–water partition coefficient (Wildman–Crippen LogP) is 8.96. The summed E-state index contributed by atoms with van der Waals surface area (Å²) in [5, 5.41) is 0. The molecule has 0 radical (unpaired) electrons. The summed E-state index contributed by atoms with van der Waals surface area (Å²) in [6.45, 7) is 28.5. The van der Waals surface area contributed by atoms with Gasteiger partial charge in [-0.1, -0.05) is 82.3 Å². The van der Waals surface area contributed by atoms with Gasteiger partial charge in [0, 0.05) is 17.4 Å². The number of ether oxygens (including phenoxy) is 6. The maximum absolute atomic E-state index is 13.9. The lowest BCUT2D eigenvalue weighted by Gasteiger charge is -2.41. The van der Waals surface area contributed by atoms with Crippen LogP contribution in [0.2, 0.25) is 0 Å². The van der Waals surface area contributed by atoms with Crippen LogP contribution >= 0.6 is 0 Å². The maximum Gasteiger partial charge on any atom is 0.334 e. The Hall–Kier alpha value is -3.91. The molecule has 7 nitrogen and oxygen atoms in total. The average Bonchev–Trinajstić information content (AvgIpc) is 4.01. The molecule has 6 atom stereocenters. The molecule has 3 aromatic rings. The molecule has 0 saturated carbocycles. The quantitative estimate of drug-likeness (QED) is 0.0758. The summed E-state index contributed by atoms with van der Waals surface area (Å²) in [7, 11) is 0. The number of rotatable bonds is 13. The van der Waals surface area contributed by atoms with E-state index in [1.54, 1.807) is 0 Å². The number of carbonyl (C=O) groups excluding carboxylic acids is 1. The highest BCUT2D eigenvalue weighted by Gasteiger charge is 2.55. The minimum atomic E-state index is -0.692. The summed E-state index contributed by atoms with van der Waals surface area (Å²) in [5.74, 6) is 0.961. The lowest BCUT2D eigenvalue weighted by molar-refractivity contribution is -0.140. The number of hydrogen-bond donors (Lipinski definition) is 0. The molecule has 7 rings (SSSR count). The van der Waals surface area contributed by atoms with Crippen LogP contribution in [0.4, 0.5) is 0 Å². The Morgan fingerprint density at radius 3 is 1.83 bits per heavy atom. The van der Waals surface area contributed by atoms with E-state index in [0.29, 0.717) is 25.4 Å². The zero-order valence-electron chi connectivity index (χ0n) is 32.9. The minimum Gasteiger partial charge on any atom is -0.490 e. The molecule has 0 N–H and O–H groups in total. The van der Waals surface area contributed by atoms with Crippen LogP contribution in [0.25, 0.3) is 0 Å². The number of allylic oxidation sites excluding steroid dienone is 2. The van der Waals surface area contributed by atoms with Crippen LogP contribution in [0.5, 0.6) is 11.5 Å². The van der Waals surface area contributed by atoms with Crippen molar-refractivity contribution in [3.63, 3.8) is 0 Å². The first-order valence-electron chi connectivity index (χ1n) is 19.1. The summed E-state index contributed by atoms with van der Waals surface area (Å²) < 4.78 is 34.7. The molecule has 3 fully saturated rings. The van der Waals surface area contributed by atoms with Crippen molar-refractivity contribution >= 4 is 5.97 Å². The van der Waals surface area contributed by atoms with Crippen molar-refractivity contribution in [2.75, 3.05) is 39.6 Å². The van der Waals surface area contributed by atoms with Gasteiger partial charge in [0.2, 0.25) is 0 Å². The van der Waals surface area contributed by atoms with Crippen molar-refractivity contribution in [2.45, 2.75) is 98.9 Å². The van der Waals surface area contributed by atoms with E-state index in [1.165, 1.54) is 5.56 Å². The van der Waals surface area contributed by atoms with E-state index in [2.05, 4.69) is 83.7 Å². The smallest absolute Gasteiger partial charge is 0.334 e. The van der Waals surface area contributed by atoms with Crippen molar-refractivity contribution in [3.8, 4) is 11.5 Å². The number of epoxide rings is 3. The second kappa shape index (κ2) is 16.8. The van der Waals surface area contributed by atoms with Gasteiger partial charge in [0.25, 0.3) is 0 Å². The second-order valence-corrected chi connectivity index (χ2v) is 13.7. The fourth-order valence-electron chi connectivity index (χ4n) is 7.87. The summed E-state index contributed by atoms with van der Waals surface area (Å²) in [6, 6.07) is 15.4. The van der Waals surface area contributed by atoms with E-state index in [1.807, 2.05) is 46.8 Å². The normalized spacial score (nSPS) is 25.0. The number of benzene rings is 3. The van der Waals surface area contributed by atoms with Gasteiger partial charge in [-0.3, -0.25) is 0 Å². The van der Waals surface area contributed by atoms with Gasteiger partial charge in [0.05, 0.1) is 25.2 Å². The molecule has 4 aliphatic rings. The Bertz CT molecular complexity index is 1760. The molecular formula is C45H58O7. The maximum atomic E-state index is 13.9. The Labute approximate surface area is 311 Å². The molecule has 1 aliphatic carbocycles. The molecule has 0 amide bonds. The van der Waals surface area contributed by atoms with Crippen LogP contribution in [0.3, 0.4) is 0 Å². The van der Waals surface area contributed by atoms with Gasteiger partial charge in [-0.15, -0.1) is 6.58 Å². The summed E-state index contributed by atoms with van der Waals surface area (Å²) in [4.78, 5) is 13.9. The first-order valence-corrected chi connectivity index (χ1v) is 19.1. The first-order chi connectivity index (χ1) is 25.2. The van der Waals surface area contributed by atoms with E-state index >= 15 is 0 Å². The van der Waals surface area contributed by atoms with Crippen molar-refractivity contribution in [3.05, 3.63) is 117 Å². The standard InChI is InChI=1S/C41H46O7.2C2H6/c1-8-32(40(42)48-22-31-19-45-31)37-33-12-10-11-13-35(33)41(34(37)9-2,28-14-23(3)38(24(4)15-28)46-20-29-17-43-29)36-16-25(5)39(27(7)26(36)6)47-21-30-18-44-30;2*1-2/h8-16,29-31,34,37H,2,17-22H2,1,3-7H3;2*1-2H3/b32-8+;;. The van der Waals surface area contributed by atoms with Crippen LogP contribution in [0, 0.1) is 40.5 Å². The van der Waals surface area contributed by atoms with Gasteiger partial charge in [-0.25, -0.2) is 4.79 Å². The van der Waals surface area contributed by atoms with Crippen molar-refractivity contribution in [1.29, 1.82) is 0 Å². The highest BCUT2D eigenvalue weighted by molar-refractivity contribution is 5.91. The molecule has 6 unspecified atom stereocenters. The molecule has 3 aromatic carbocycles. The summed E-state index contributed by atoms with van der Waals surface area (Å²) in [5.41, 5.74) is 9.89. The van der Waals surface area contributed by atoms with Gasteiger partial charge < -0.3 is 28.4 Å². The Morgan fingerprint density at radius 1 is 0.769 bits per heavy atom. The number of carbonyl (C=O) groups is 1. The van der Waals surface area contributed by atoms with Gasteiger partial charge in [-0.05, 0) is 91.6 Å². The zero-order valence-corrected chi connectivity index (χ0v) is 32.9. The lowest BCUT2D eigenvalue weighted by atomic mass is 9.61. The van der Waals surface area contributed by atoms with E-state index in [-0.39, 0.29) is 42.7 Å². The molecule has 0 aromatic heterocycles. The molecule has 7 heteroatoms. The molecule has 280 valence electrons. The van der Waals surface area contributed by atoms with Crippen molar-refractivity contribution in [1.82, 2.24) is 0 Å². The third-order valence-corrected chi connectivity index (χ3v) is 10.5. The van der Waals surface area contributed by atoms with Crippen LogP contribution in [-0.4, -0.2) is 63.9 Å².